The van der Waals surface area contributed by atoms with Crippen LogP contribution in [0.15, 0.2) is 11.8 Å². The van der Waals surface area contributed by atoms with E-state index in [-0.39, 0.29) is 12.0 Å². The van der Waals surface area contributed by atoms with Gasteiger partial charge in [-0.15, -0.1) is 0 Å². The standard InChI is InChI=1S/C14H26O6.H3O4P/c1-4-8-14(18-19-15-3)12(2)11-16-20-17-13-9-6-5-7-10-13;1-5(2,3)4/h8,12-13H,4-7,9-11H2,1-3H3;(H3,1,2,3,4). The molecule has 0 aliphatic heterocycles. The highest BCUT2D eigenvalue weighted by molar-refractivity contribution is 7.45. The van der Waals surface area contributed by atoms with Gasteiger partial charge >= 0.3 is 7.82 Å². The van der Waals surface area contributed by atoms with Crippen molar-refractivity contribution in [2.45, 2.75) is 58.5 Å². The van der Waals surface area contributed by atoms with Gasteiger partial charge in [0.25, 0.3) is 0 Å². The fraction of sp³-hybridized carbons (Fsp3) is 0.857. The van der Waals surface area contributed by atoms with Crippen molar-refractivity contribution in [2.75, 3.05) is 13.7 Å². The lowest BCUT2D eigenvalue weighted by Gasteiger charge is -2.20. The quantitative estimate of drug-likeness (QED) is 0.169. The molecule has 0 spiro atoms. The predicted molar refractivity (Wildman–Crippen MR) is 86.0 cm³/mol. The van der Waals surface area contributed by atoms with Crippen LogP contribution in [0.25, 0.3) is 0 Å². The van der Waals surface area contributed by atoms with Crippen molar-refractivity contribution in [1.82, 2.24) is 0 Å². The van der Waals surface area contributed by atoms with Gasteiger partial charge in [-0.3, -0.25) is 0 Å². The lowest BCUT2D eigenvalue weighted by molar-refractivity contribution is -0.531. The first-order chi connectivity index (χ1) is 11.8. The Hall–Kier alpha value is -0.550. The summed E-state index contributed by atoms with van der Waals surface area (Å²) in [5, 5.41) is 9.30. The second-order valence-electron chi connectivity index (χ2n) is 5.46. The smallest absolute Gasteiger partial charge is 0.313 e. The predicted octanol–water partition coefficient (Wildman–Crippen LogP) is 2.71. The Balaban J connectivity index is 0.00000101. The van der Waals surface area contributed by atoms with E-state index in [1.54, 1.807) is 0 Å². The summed E-state index contributed by atoms with van der Waals surface area (Å²) in [6.07, 6.45) is 8.60. The van der Waals surface area contributed by atoms with E-state index in [0.717, 1.165) is 19.3 Å². The Morgan fingerprint density at radius 3 is 2.32 bits per heavy atom. The van der Waals surface area contributed by atoms with Crippen molar-refractivity contribution in [1.29, 1.82) is 0 Å². The van der Waals surface area contributed by atoms with Gasteiger partial charge in [0.1, 0.15) is 5.76 Å². The van der Waals surface area contributed by atoms with Gasteiger partial charge in [-0.05, 0) is 30.4 Å². The van der Waals surface area contributed by atoms with E-state index in [1.165, 1.54) is 26.4 Å². The highest BCUT2D eigenvalue weighted by Gasteiger charge is 2.16. The minimum Gasteiger partial charge on any atom is -0.313 e. The van der Waals surface area contributed by atoms with Crippen LogP contribution in [0.2, 0.25) is 0 Å². The van der Waals surface area contributed by atoms with Gasteiger partial charge in [0.15, 0.2) is 0 Å². The molecular weight excluding hydrogens is 359 g/mol. The number of hydrogen-bond acceptors (Lipinski definition) is 7. The summed E-state index contributed by atoms with van der Waals surface area (Å²) in [6, 6.07) is 0. The van der Waals surface area contributed by atoms with Crippen molar-refractivity contribution < 1.29 is 48.9 Å². The van der Waals surface area contributed by atoms with Crippen LogP contribution >= 0.6 is 7.82 Å². The molecule has 0 aromatic rings. The molecule has 0 amide bonds. The molecule has 0 radical (unpaired) electrons. The first-order valence-electron chi connectivity index (χ1n) is 8.08. The molecule has 10 nitrogen and oxygen atoms in total. The molecule has 1 rings (SSSR count). The van der Waals surface area contributed by atoms with Crippen LogP contribution < -0.4 is 0 Å². The molecule has 3 N–H and O–H groups in total. The number of allylic oxidation sites excluding steroid dienone is 1. The van der Waals surface area contributed by atoms with Crippen LogP contribution in [0.5, 0.6) is 0 Å². The lowest BCUT2D eigenvalue weighted by Crippen LogP contribution is -2.18. The molecule has 0 bridgehead atoms. The van der Waals surface area contributed by atoms with Crippen LogP contribution in [-0.2, 0) is 34.2 Å². The van der Waals surface area contributed by atoms with E-state index in [0.29, 0.717) is 12.4 Å². The third-order valence-corrected chi connectivity index (χ3v) is 3.18. The molecule has 0 heterocycles. The molecule has 1 fully saturated rings. The summed E-state index contributed by atoms with van der Waals surface area (Å²) in [4.78, 5) is 41.3. The Morgan fingerprint density at radius 1 is 1.20 bits per heavy atom. The summed E-state index contributed by atoms with van der Waals surface area (Å²) in [6.45, 7) is 4.25. The zero-order valence-corrected chi connectivity index (χ0v) is 15.7. The molecule has 11 heteroatoms. The Kier molecular flexibility index (Phi) is 14.3. The molecular formula is C14H29O10P. The van der Waals surface area contributed by atoms with E-state index in [2.05, 4.69) is 9.93 Å². The van der Waals surface area contributed by atoms with Crippen LogP contribution in [-0.4, -0.2) is 34.5 Å². The molecule has 150 valence electrons. The van der Waals surface area contributed by atoms with Crippen LogP contribution in [0.4, 0.5) is 0 Å². The molecule has 1 saturated carbocycles. The second kappa shape index (κ2) is 14.6. The number of phosphoric acid groups is 1. The summed E-state index contributed by atoms with van der Waals surface area (Å²) in [5.41, 5.74) is 0. The maximum Gasteiger partial charge on any atom is 0.466 e. The zero-order valence-electron chi connectivity index (χ0n) is 14.8. The lowest BCUT2D eigenvalue weighted by atomic mass is 9.98. The van der Waals surface area contributed by atoms with Crippen molar-refractivity contribution >= 4 is 7.82 Å². The van der Waals surface area contributed by atoms with Crippen molar-refractivity contribution in [3.05, 3.63) is 11.8 Å². The molecule has 1 unspecified atom stereocenters. The maximum absolute atomic E-state index is 8.88. The van der Waals surface area contributed by atoms with Crippen molar-refractivity contribution in [2.24, 2.45) is 5.92 Å². The van der Waals surface area contributed by atoms with Crippen LogP contribution in [0.3, 0.4) is 0 Å². The van der Waals surface area contributed by atoms with E-state index in [1.807, 2.05) is 19.9 Å². The van der Waals surface area contributed by atoms with Gasteiger partial charge in [-0.25, -0.2) is 14.3 Å². The van der Waals surface area contributed by atoms with Crippen molar-refractivity contribution in [3.63, 3.8) is 0 Å². The monoisotopic (exact) mass is 388 g/mol. The van der Waals surface area contributed by atoms with E-state index >= 15 is 0 Å². The highest BCUT2D eigenvalue weighted by Crippen LogP contribution is 2.25. The van der Waals surface area contributed by atoms with Gasteiger partial charge in [-0.2, -0.15) is 4.89 Å². The average Bonchev–Trinajstić information content (AvgIpc) is 2.54. The van der Waals surface area contributed by atoms with Gasteiger partial charge in [-0.1, -0.05) is 38.1 Å². The Morgan fingerprint density at radius 2 is 1.80 bits per heavy atom. The maximum atomic E-state index is 8.88. The van der Waals surface area contributed by atoms with E-state index < -0.39 is 7.82 Å². The minimum atomic E-state index is -4.64. The minimum absolute atomic E-state index is 0.0277. The SMILES string of the molecule is CCC=C(OOOC)C(C)COOOC1CCCCC1.O=P(O)(O)O. The van der Waals surface area contributed by atoms with Gasteiger partial charge in [0.2, 0.25) is 0 Å². The topological polar surface area (TPSA) is 133 Å². The van der Waals surface area contributed by atoms with Gasteiger partial charge in [0, 0.05) is 5.92 Å². The summed E-state index contributed by atoms with van der Waals surface area (Å²) in [5.74, 6) is 0.607. The zero-order chi connectivity index (χ0) is 19.1. The van der Waals surface area contributed by atoms with E-state index in [9.17, 15) is 0 Å². The van der Waals surface area contributed by atoms with Crippen LogP contribution in [0, 0.1) is 5.92 Å². The molecule has 1 aliphatic rings. The highest BCUT2D eigenvalue weighted by atomic mass is 31.2. The largest absolute Gasteiger partial charge is 0.466 e. The molecule has 1 aliphatic carbocycles. The Bertz CT molecular complexity index is 383. The summed E-state index contributed by atoms with van der Waals surface area (Å²) in [7, 11) is -3.26. The fourth-order valence-corrected chi connectivity index (χ4v) is 2.05. The molecule has 25 heavy (non-hydrogen) atoms. The second-order valence-corrected chi connectivity index (χ2v) is 6.48. The average molecular weight is 388 g/mol. The molecule has 0 aromatic heterocycles. The van der Waals surface area contributed by atoms with Crippen molar-refractivity contribution in [3.8, 4) is 0 Å². The first kappa shape index (κ1) is 24.5. The normalized spacial score (nSPS) is 17.6. The van der Waals surface area contributed by atoms with Gasteiger partial charge < -0.3 is 19.6 Å². The van der Waals surface area contributed by atoms with Gasteiger partial charge in [0.05, 0.1) is 19.8 Å². The number of hydrogen-bond donors (Lipinski definition) is 3. The van der Waals surface area contributed by atoms with Crippen LogP contribution in [0.1, 0.15) is 52.4 Å². The summed E-state index contributed by atoms with van der Waals surface area (Å²) < 4.78 is 8.88. The number of rotatable bonds is 10. The fourth-order valence-electron chi connectivity index (χ4n) is 2.05. The third kappa shape index (κ3) is 16.7. The Labute approximate surface area is 147 Å². The van der Waals surface area contributed by atoms with E-state index in [4.69, 9.17) is 38.9 Å². The summed E-state index contributed by atoms with van der Waals surface area (Å²) >= 11 is 0. The molecule has 0 saturated heterocycles. The molecule has 1 atom stereocenters. The third-order valence-electron chi connectivity index (χ3n) is 3.18. The molecule has 0 aromatic carbocycles. The first-order valence-corrected chi connectivity index (χ1v) is 9.65.